The first kappa shape index (κ1) is 13.7. The highest BCUT2D eigenvalue weighted by Gasteiger charge is 2.06. The lowest BCUT2D eigenvalue weighted by Crippen LogP contribution is -2.07. The van der Waals surface area contributed by atoms with Gasteiger partial charge in [-0.05, 0) is 25.3 Å². The Morgan fingerprint density at radius 2 is 1.79 bits per heavy atom. The van der Waals surface area contributed by atoms with Crippen molar-refractivity contribution in [3.05, 3.63) is 71.3 Å². The minimum Gasteiger partial charge on any atom is -0.455 e. The predicted octanol–water partition coefficient (Wildman–Crippen LogP) is 3.98. The molecule has 0 aliphatic rings. The van der Waals surface area contributed by atoms with Crippen LogP contribution in [0.25, 0.3) is 5.76 Å². The van der Waals surface area contributed by atoms with Crippen LogP contribution in [-0.4, -0.2) is 13.6 Å². The second kappa shape index (κ2) is 6.98. The van der Waals surface area contributed by atoms with Gasteiger partial charge in [0.25, 0.3) is 0 Å². The summed E-state index contributed by atoms with van der Waals surface area (Å²) >= 11 is 6.12. The van der Waals surface area contributed by atoms with Crippen LogP contribution in [0.4, 0.5) is 0 Å². The Hall–Kier alpha value is -1.77. The molecule has 0 bridgehead atoms. The molecule has 1 N–H and O–H groups in total. The van der Waals surface area contributed by atoms with Gasteiger partial charge in [0.15, 0.2) is 0 Å². The SMILES string of the molecule is CNC/C=C(\Oc1ccccc1Cl)c1ccccc1. The molecule has 0 saturated heterocycles. The van der Waals surface area contributed by atoms with Crippen LogP contribution < -0.4 is 10.1 Å². The van der Waals surface area contributed by atoms with Gasteiger partial charge in [-0.25, -0.2) is 0 Å². The maximum Gasteiger partial charge on any atom is 0.146 e. The molecular formula is C16H16ClNO. The van der Waals surface area contributed by atoms with E-state index in [4.69, 9.17) is 16.3 Å². The number of hydrogen-bond donors (Lipinski definition) is 1. The Kier molecular flexibility index (Phi) is 5.01. The molecule has 0 radical (unpaired) electrons. The first-order valence-electron chi connectivity index (χ1n) is 6.14. The Morgan fingerprint density at radius 1 is 1.11 bits per heavy atom. The van der Waals surface area contributed by atoms with E-state index in [1.165, 1.54) is 0 Å². The van der Waals surface area contributed by atoms with Crippen LogP contribution in [0.3, 0.4) is 0 Å². The van der Waals surface area contributed by atoms with E-state index in [0.717, 1.165) is 17.9 Å². The van der Waals surface area contributed by atoms with Crippen LogP contribution in [0.1, 0.15) is 5.56 Å². The molecule has 0 amide bonds. The Bertz CT molecular complexity index is 552. The first-order chi connectivity index (χ1) is 9.31. The summed E-state index contributed by atoms with van der Waals surface area (Å²) in [4.78, 5) is 0. The summed E-state index contributed by atoms with van der Waals surface area (Å²) in [6.07, 6.45) is 2.00. The summed E-state index contributed by atoms with van der Waals surface area (Å²) in [5.41, 5.74) is 1.03. The number of para-hydroxylation sites is 1. The highest BCUT2D eigenvalue weighted by molar-refractivity contribution is 6.32. The average molecular weight is 274 g/mol. The van der Waals surface area contributed by atoms with E-state index in [1.807, 2.05) is 67.7 Å². The van der Waals surface area contributed by atoms with Crippen LogP contribution >= 0.6 is 11.6 Å². The van der Waals surface area contributed by atoms with Crippen molar-refractivity contribution in [2.24, 2.45) is 0 Å². The van der Waals surface area contributed by atoms with Crippen molar-refractivity contribution in [2.45, 2.75) is 0 Å². The molecule has 0 aliphatic heterocycles. The van der Waals surface area contributed by atoms with Crippen molar-refractivity contribution in [1.82, 2.24) is 5.32 Å². The van der Waals surface area contributed by atoms with Crippen molar-refractivity contribution >= 4 is 17.4 Å². The maximum atomic E-state index is 6.12. The second-order valence-electron chi connectivity index (χ2n) is 4.02. The van der Waals surface area contributed by atoms with Gasteiger partial charge in [0.2, 0.25) is 0 Å². The zero-order valence-electron chi connectivity index (χ0n) is 10.8. The summed E-state index contributed by atoms with van der Waals surface area (Å²) < 4.78 is 5.92. The predicted molar refractivity (Wildman–Crippen MR) is 80.4 cm³/mol. The zero-order chi connectivity index (χ0) is 13.5. The molecule has 2 aromatic rings. The molecule has 2 rings (SSSR count). The van der Waals surface area contributed by atoms with Gasteiger partial charge in [-0.2, -0.15) is 0 Å². The van der Waals surface area contributed by atoms with Gasteiger partial charge in [-0.1, -0.05) is 54.1 Å². The molecule has 3 heteroatoms. The minimum absolute atomic E-state index is 0.605. The molecule has 0 aliphatic carbocycles. The Labute approximate surface area is 118 Å². The number of ether oxygens (including phenoxy) is 1. The van der Waals surface area contributed by atoms with E-state index in [0.29, 0.717) is 10.8 Å². The molecule has 0 saturated carbocycles. The topological polar surface area (TPSA) is 21.3 Å². The standard InChI is InChI=1S/C16H16ClNO/c1-18-12-11-15(13-7-3-2-4-8-13)19-16-10-6-5-9-14(16)17/h2-11,18H,12H2,1H3/b15-11-. The average Bonchev–Trinajstić information content (AvgIpc) is 2.46. The van der Waals surface area contributed by atoms with Crippen molar-refractivity contribution in [3.8, 4) is 5.75 Å². The normalized spacial score (nSPS) is 11.4. The molecule has 0 fully saturated rings. The smallest absolute Gasteiger partial charge is 0.146 e. The van der Waals surface area contributed by atoms with Crippen LogP contribution in [0.2, 0.25) is 5.02 Å². The lowest BCUT2D eigenvalue weighted by Gasteiger charge is -2.12. The van der Waals surface area contributed by atoms with Crippen LogP contribution in [0.15, 0.2) is 60.7 Å². The Morgan fingerprint density at radius 3 is 2.47 bits per heavy atom. The fraction of sp³-hybridized carbons (Fsp3) is 0.125. The molecular weight excluding hydrogens is 258 g/mol. The number of benzene rings is 2. The van der Waals surface area contributed by atoms with Gasteiger partial charge in [-0.3, -0.25) is 0 Å². The van der Waals surface area contributed by atoms with Crippen molar-refractivity contribution < 1.29 is 4.74 Å². The van der Waals surface area contributed by atoms with Crippen LogP contribution in [0, 0.1) is 0 Å². The lowest BCUT2D eigenvalue weighted by atomic mass is 10.2. The number of likely N-dealkylation sites (N-methyl/N-ethyl adjacent to an activating group) is 1. The molecule has 2 aromatic carbocycles. The summed E-state index contributed by atoms with van der Waals surface area (Å²) in [6, 6.07) is 17.4. The monoisotopic (exact) mass is 273 g/mol. The first-order valence-corrected chi connectivity index (χ1v) is 6.51. The van der Waals surface area contributed by atoms with E-state index in [9.17, 15) is 0 Å². The number of hydrogen-bond acceptors (Lipinski definition) is 2. The van der Waals surface area contributed by atoms with E-state index >= 15 is 0 Å². The maximum absolute atomic E-state index is 6.12. The van der Waals surface area contributed by atoms with Gasteiger partial charge >= 0.3 is 0 Å². The van der Waals surface area contributed by atoms with Gasteiger partial charge < -0.3 is 10.1 Å². The third-order valence-electron chi connectivity index (χ3n) is 2.61. The summed E-state index contributed by atoms with van der Waals surface area (Å²) in [5.74, 6) is 1.46. The molecule has 2 nitrogen and oxygen atoms in total. The molecule has 0 heterocycles. The number of nitrogens with one attached hydrogen (secondary N) is 1. The second-order valence-corrected chi connectivity index (χ2v) is 4.43. The van der Waals surface area contributed by atoms with Gasteiger partial charge in [0.1, 0.15) is 11.5 Å². The minimum atomic E-state index is 0.605. The highest BCUT2D eigenvalue weighted by Crippen LogP contribution is 2.28. The third kappa shape index (κ3) is 3.85. The summed E-state index contributed by atoms with van der Waals surface area (Å²) in [7, 11) is 1.90. The van der Waals surface area contributed by atoms with Crippen molar-refractivity contribution in [3.63, 3.8) is 0 Å². The van der Waals surface area contributed by atoms with E-state index in [1.54, 1.807) is 0 Å². The zero-order valence-corrected chi connectivity index (χ0v) is 11.5. The third-order valence-corrected chi connectivity index (χ3v) is 2.92. The van der Waals surface area contributed by atoms with Crippen molar-refractivity contribution in [2.75, 3.05) is 13.6 Å². The van der Waals surface area contributed by atoms with Crippen molar-refractivity contribution in [1.29, 1.82) is 0 Å². The molecule has 0 unspecified atom stereocenters. The molecule has 0 atom stereocenters. The lowest BCUT2D eigenvalue weighted by molar-refractivity contribution is 0.513. The summed E-state index contributed by atoms with van der Waals surface area (Å²) in [5, 5.41) is 3.68. The molecule has 0 aromatic heterocycles. The molecule has 0 spiro atoms. The highest BCUT2D eigenvalue weighted by atomic mass is 35.5. The fourth-order valence-electron chi connectivity index (χ4n) is 1.66. The number of rotatable bonds is 5. The number of halogens is 1. The van der Waals surface area contributed by atoms with E-state index in [-0.39, 0.29) is 0 Å². The largest absolute Gasteiger partial charge is 0.455 e. The van der Waals surface area contributed by atoms with E-state index in [2.05, 4.69) is 5.32 Å². The van der Waals surface area contributed by atoms with Crippen LogP contribution in [-0.2, 0) is 0 Å². The molecule has 19 heavy (non-hydrogen) atoms. The van der Waals surface area contributed by atoms with E-state index < -0.39 is 0 Å². The molecule has 98 valence electrons. The van der Waals surface area contributed by atoms with Gasteiger partial charge in [-0.15, -0.1) is 0 Å². The Balaban J connectivity index is 2.27. The summed E-state index contributed by atoms with van der Waals surface area (Å²) in [6.45, 7) is 0.731. The quantitative estimate of drug-likeness (QED) is 0.832. The van der Waals surface area contributed by atoms with Gasteiger partial charge in [0, 0.05) is 12.1 Å². The van der Waals surface area contributed by atoms with Crippen LogP contribution in [0.5, 0.6) is 5.75 Å². The fourth-order valence-corrected chi connectivity index (χ4v) is 1.84. The van der Waals surface area contributed by atoms with Gasteiger partial charge in [0.05, 0.1) is 5.02 Å².